The minimum absolute atomic E-state index is 0.661. The number of rotatable bonds is 2. The molecule has 0 spiro atoms. The molecule has 0 bridgehead atoms. The molecule has 2 N–H and O–H groups in total. The molecule has 0 saturated carbocycles. The lowest BCUT2D eigenvalue weighted by atomic mass is 10.1. The predicted molar refractivity (Wildman–Crippen MR) is 46.7 cm³/mol. The zero-order valence-electron chi connectivity index (χ0n) is 8.59. The van der Waals surface area contributed by atoms with Crippen LogP contribution in [0.2, 0.25) is 0 Å². The van der Waals surface area contributed by atoms with E-state index < -0.39 is 43.2 Å². The van der Waals surface area contributed by atoms with E-state index in [2.05, 4.69) is 0 Å². The Labute approximate surface area is 86.7 Å². The topological polar surface area (TPSA) is 68.2 Å². The summed E-state index contributed by atoms with van der Waals surface area (Å²) < 4.78 is 28.1. The molecule has 2 rings (SSSR count). The third-order valence-electron chi connectivity index (χ3n) is 2.59. The summed E-state index contributed by atoms with van der Waals surface area (Å²) in [7, 11) is 0. The normalized spacial score (nSPS) is 45.4. The lowest BCUT2D eigenvalue weighted by Crippen LogP contribution is -2.41. The fourth-order valence-corrected chi connectivity index (χ4v) is 1.92. The van der Waals surface area contributed by atoms with Crippen LogP contribution in [-0.4, -0.2) is 53.4 Å². The average molecular weight is 222 g/mol. The van der Waals surface area contributed by atoms with Crippen molar-refractivity contribution in [3.05, 3.63) is 0 Å². The number of halogens is 1. The Morgan fingerprint density at radius 2 is 2.07 bits per heavy atom. The van der Waals surface area contributed by atoms with Gasteiger partial charge >= 0.3 is 0 Å². The van der Waals surface area contributed by atoms with Crippen LogP contribution in [0, 0.1) is 0 Å². The summed E-state index contributed by atoms with van der Waals surface area (Å²) in [5, 5.41) is 19.0. The number of hydrogen-bond acceptors (Lipinski definition) is 5. The highest BCUT2D eigenvalue weighted by Gasteiger charge is 2.55. The first-order chi connectivity index (χ1) is 6.94. The van der Waals surface area contributed by atoms with Gasteiger partial charge in [-0.05, 0) is 13.8 Å². The lowest BCUT2D eigenvalue weighted by Gasteiger charge is -2.24. The van der Waals surface area contributed by atoms with Crippen LogP contribution in [0.5, 0.6) is 0 Å². The third-order valence-corrected chi connectivity index (χ3v) is 2.59. The smallest absolute Gasteiger partial charge is 0.190 e. The van der Waals surface area contributed by atoms with Crippen LogP contribution < -0.4 is 0 Å². The number of aliphatic hydroxyl groups excluding tert-OH is 2. The van der Waals surface area contributed by atoms with Gasteiger partial charge in [0.2, 0.25) is 0 Å². The average Bonchev–Trinajstić information content (AvgIpc) is 2.60. The quantitative estimate of drug-likeness (QED) is 0.662. The maximum Gasteiger partial charge on any atom is 0.190 e. The fourth-order valence-electron chi connectivity index (χ4n) is 1.92. The molecule has 0 aromatic heterocycles. The molecule has 2 heterocycles. The van der Waals surface area contributed by atoms with Gasteiger partial charge in [0.15, 0.2) is 12.1 Å². The van der Waals surface area contributed by atoms with Gasteiger partial charge in [0.05, 0.1) is 0 Å². The van der Waals surface area contributed by atoms with Gasteiger partial charge in [-0.3, -0.25) is 0 Å². The van der Waals surface area contributed by atoms with Crippen molar-refractivity contribution < 1.29 is 28.8 Å². The zero-order chi connectivity index (χ0) is 11.2. The molecule has 0 aromatic carbocycles. The summed E-state index contributed by atoms with van der Waals surface area (Å²) >= 11 is 0. The van der Waals surface area contributed by atoms with Gasteiger partial charge in [-0.15, -0.1) is 0 Å². The number of ether oxygens (including phenoxy) is 3. The standard InChI is InChI=1S/C9H15FO5/c1-9(2)14-7-5(12)6(4(11)3-10)13-8(7)15-9/h4-8,11-12H,3H2,1-2H3/t4?,5?,6-,7+,8-/m0/s1. The molecule has 5 nitrogen and oxygen atoms in total. The molecule has 0 radical (unpaired) electrons. The molecule has 0 amide bonds. The van der Waals surface area contributed by atoms with Crippen molar-refractivity contribution in [1.29, 1.82) is 0 Å². The molecular formula is C9H15FO5. The van der Waals surface area contributed by atoms with E-state index in [1.165, 1.54) is 0 Å². The van der Waals surface area contributed by atoms with Crippen LogP contribution >= 0.6 is 0 Å². The SMILES string of the molecule is CC1(C)O[C@@H]2O[C@@H](C(O)CF)C(O)[C@H]2O1. The van der Waals surface area contributed by atoms with E-state index in [0.717, 1.165) is 0 Å². The molecule has 2 saturated heterocycles. The van der Waals surface area contributed by atoms with Crippen molar-refractivity contribution in [2.24, 2.45) is 0 Å². The molecule has 2 aliphatic heterocycles. The third kappa shape index (κ3) is 1.88. The Morgan fingerprint density at radius 3 is 2.60 bits per heavy atom. The lowest BCUT2D eigenvalue weighted by molar-refractivity contribution is -0.226. The molecule has 2 aliphatic rings. The van der Waals surface area contributed by atoms with Gasteiger partial charge in [0, 0.05) is 0 Å². The highest BCUT2D eigenvalue weighted by Crippen LogP contribution is 2.38. The summed E-state index contributed by atoms with van der Waals surface area (Å²) in [5.74, 6) is -0.818. The molecule has 15 heavy (non-hydrogen) atoms. The van der Waals surface area contributed by atoms with E-state index in [0.29, 0.717) is 0 Å². The Balaban J connectivity index is 2.05. The second-order valence-electron chi connectivity index (χ2n) is 4.28. The minimum Gasteiger partial charge on any atom is -0.388 e. The Morgan fingerprint density at radius 1 is 1.40 bits per heavy atom. The van der Waals surface area contributed by atoms with E-state index in [1.54, 1.807) is 13.8 Å². The predicted octanol–water partition coefficient (Wildman–Crippen LogP) is -0.446. The van der Waals surface area contributed by atoms with Crippen molar-refractivity contribution in [3.8, 4) is 0 Å². The van der Waals surface area contributed by atoms with Crippen molar-refractivity contribution in [2.75, 3.05) is 6.67 Å². The van der Waals surface area contributed by atoms with Gasteiger partial charge in [-0.25, -0.2) is 4.39 Å². The molecule has 2 unspecified atom stereocenters. The van der Waals surface area contributed by atoms with Crippen LogP contribution in [0.3, 0.4) is 0 Å². The molecule has 2 fully saturated rings. The maximum atomic E-state index is 12.2. The van der Waals surface area contributed by atoms with Crippen LogP contribution in [-0.2, 0) is 14.2 Å². The largest absolute Gasteiger partial charge is 0.388 e. The van der Waals surface area contributed by atoms with Gasteiger partial charge in [0.1, 0.15) is 31.1 Å². The van der Waals surface area contributed by atoms with Crippen molar-refractivity contribution in [3.63, 3.8) is 0 Å². The first-order valence-corrected chi connectivity index (χ1v) is 4.88. The van der Waals surface area contributed by atoms with Gasteiger partial charge in [0.25, 0.3) is 0 Å². The molecule has 6 heteroatoms. The van der Waals surface area contributed by atoms with Gasteiger partial charge in [-0.1, -0.05) is 0 Å². The minimum atomic E-state index is -1.35. The van der Waals surface area contributed by atoms with Crippen molar-refractivity contribution in [1.82, 2.24) is 0 Å². The van der Waals surface area contributed by atoms with Gasteiger partial charge in [-0.2, -0.15) is 0 Å². The highest BCUT2D eigenvalue weighted by atomic mass is 19.1. The van der Waals surface area contributed by atoms with Crippen LogP contribution in [0.25, 0.3) is 0 Å². The van der Waals surface area contributed by atoms with Crippen LogP contribution in [0.1, 0.15) is 13.8 Å². The Hall–Kier alpha value is -0.270. The van der Waals surface area contributed by atoms with Crippen LogP contribution in [0.4, 0.5) is 4.39 Å². The summed E-state index contributed by atoms with van der Waals surface area (Å²) in [4.78, 5) is 0. The molecular weight excluding hydrogens is 207 g/mol. The Kier molecular flexibility index (Phi) is 2.72. The van der Waals surface area contributed by atoms with E-state index in [-0.39, 0.29) is 0 Å². The number of aliphatic hydroxyl groups is 2. The van der Waals surface area contributed by atoms with Crippen molar-refractivity contribution in [2.45, 2.75) is 50.3 Å². The van der Waals surface area contributed by atoms with E-state index >= 15 is 0 Å². The van der Waals surface area contributed by atoms with Crippen LogP contribution in [0.15, 0.2) is 0 Å². The van der Waals surface area contributed by atoms with Gasteiger partial charge < -0.3 is 24.4 Å². The second kappa shape index (κ2) is 3.64. The van der Waals surface area contributed by atoms with E-state index in [1.807, 2.05) is 0 Å². The first-order valence-electron chi connectivity index (χ1n) is 4.88. The van der Waals surface area contributed by atoms with E-state index in [9.17, 15) is 14.6 Å². The Bertz CT molecular complexity index is 247. The first kappa shape index (κ1) is 11.2. The summed E-state index contributed by atoms with van der Waals surface area (Å²) in [6.07, 6.45) is -4.79. The highest BCUT2D eigenvalue weighted by molar-refractivity contribution is 4.95. The number of alkyl halides is 1. The number of fused-ring (bicyclic) bond motifs is 1. The number of hydrogen-bond donors (Lipinski definition) is 2. The maximum absolute atomic E-state index is 12.2. The second-order valence-corrected chi connectivity index (χ2v) is 4.28. The van der Waals surface area contributed by atoms with E-state index in [4.69, 9.17) is 14.2 Å². The monoisotopic (exact) mass is 222 g/mol. The fraction of sp³-hybridized carbons (Fsp3) is 1.00. The molecule has 0 aromatic rings. The molecule has 5 atom stereocenters. The summed E-state index contributed by atoms with van der Waals surface area (Å²) in [6.45, 7) is 2.43. The summed E-state index contributed by atoms with van der Waals surface area (Å²) in [5.41, 5.74) is 0. The zero-order valence-corrected chi connectivity index (χ0v) is 8.59. The molecule has 0 aliphatic carbocycles. The summed E-state index contributed by atoms with van der Waals surface area (Å²) in [6, 6.07) is 0. The molecule has 88 valence electrons. The van der Waals surface area contributed by atoms with Crippen molar-refractivity contribution >= 4 is 0 Å².